The van der Waals surface area contributed by atoms with Gasteiger partial charge in [-0.3, -0.25) is 0 Å². The minimum absolute atomic E-state index is 0.495. The van der Waals surface area contributed by atoms with Crippen LogP contribution in [0.3, 0.4) is 0 Å². The van der Waals surface area contributed by atoms with Gasteiger partial charge in [0, 0.05) is 6.42 Å². The molecule has 0 heterocycles. The lowest BCUT2D eigenvalue weighted by Gasteiger charge is -1.97. The Kier molecular flexibility index (Phi) is 3.97. The maximum absolute atomic E-state index is 8.13. The van der Waals surface area contributed by atoms with E-state index in [1.54, 1.807) is 0 Å². The molecule has 0 bridgehead atoms. The van der Waals surface area contributed by atoms with E-state index in [0.29, 0.717) is 12.3 Å². The van der Waals surface area contributed by atoms with Gasteiger partial charge < -0.3 is 0 Å². The first kappa shape index (κ1) is 7.23. The molecule has 0 radical (unpaired) electrons. The summed E-state index contributed by atoms with van der Waals surface area (Å²) in [5.74, 6) is 0.495. The van der Waals surface area contributed by atoms with Gasteiger partial charge in [-0.05, 0) is 12.3 Å². The van der Waals surface area contributed by atoms with E-state index in [1.165, 1.54) is 0 Å². The van der Waals surface area contributed by atoms with Crippen molar-refractivity contribution in [3.8, 4) is 6.07 Å². The third kappa shape index (κ3) is 3.42. The summed E-state index contributed by atoms with van der Waals surface area (Å²) in [6.07, 6.45) is 3.46. The molecular formula is C7H11N. The van der Waals surface area contributed by atoms with E-state index in [2.05, 4.69) is 19.6 Å². The average molecular weight is 109 g/mol. The van der Waals surface area contributed by atoms with Crippen LogP contribution in [-0.2, 0) is 0 Å². The molecule has 0 saturated carbocycles. The van der Waals surface area contributed by atoms with Crippen molar-refractivity contribution in [2.24, 2.45) is 5.92 Å². The molecule has 0 aromatic rings. The highest BCUT2D eigenvalue weighted by molar-refractivity contribution is 4.79. The molecule has 0 amide bonds. The summed E-state index contributed by atoms with van der Waals surface area (Å²) < 4.78 is 0. The molecule has 0 saturated heterocycles. The molecule has 0 aliphatic heterocycles. The Morgan fingerprint density at radius 1 is 1.88 bits per heavy atom. The van der Waals surface area contributed by atoms with Crippen LogP contribution in [0.2, 0.25) is 0 Å². The van der Waals surface area contributed by atoms with Gasteiger partial charge >= 0.3 is 0 Å². The van der Waals surface area contributed by atoms with Crippen LogP contribution in [0.4, 0.5) is 0 Å². The first-order valence-electron chi connectivity index (χ1n) is 2.80. The molecule has 0 aromatic carbocycles. The highest BCUT2D eigenvalue weighted by Gasteiger charge is 1.91. The molecule has 0 N–H and O–H groups in total. The summed E-state index contributed by atoms with van der Waals surface area (Å²) >= 11 is 0. The molecule has 1 unspecified atom stereocenters. The molecule has 1 heteroatoms. The maximum Gasteiger partial charge on any atom is 0.0621 e. The lowest BCUT2D eigenvalue weighted by atomic mass is 10.1. The average Bonchev–Trinajstić information content (AvgIpc) is 1.83. The Balaban J connectivity index is 3.13. The molecular weight excluding hydrogens is 98.1 g/mol. The van der Waals surface area contributed by atoms with Crippen molar-refractivity contribution in [3.05, 3.63) is 12.7 Å². The minimum Gasteiger partial charge on any atom is -0.198 e. The molecule has 0 aliphatic rings. The minimum atomic E-state index is 0.495. The summed E-state index contributed by atoms with van der Waals surface area (Å²) in [4.78, 5) is 0. The summed E-state index contributed by atoms with van der Waals surface area (Å²) in [7, 11) is 0. The van der Waals surface area contributed by atoms with E-state index < -0.39 is 0 Å². The first-order chi connectivity index (χ1) is 3.81. The molecule has 0 aromatic heterocycles. The van der Waals surface area contributed by atoms with Gasteiger partial charge in [0.1, 0.15) is 0 Å². The zero-order valence-electron chi connectivity index (χ0n) is 5.22. The second-order valence-corrected chi connectivity index (χ2v) is 1.91. The summed E-state index contributed by atoms with van der Waals surface area (Å²) in [5.41, 5.74) is 0. The monoisotopic (exact) mass is 109 g/mol. The number of nitrogens with zero attached hydrogens (tertiary/aromatic N) is 1. The van der Waals surface area contributed by atoms with Crippen molar-refractivity contribution in [1.82, 2.24) is 0 Å². The van der Waals surface area contributed by atoms with E-state index in [-0.39, 0.29) is 0 Å². The van der Waals surface area contributed by atoms with Gasteiger partial charge in [-0.25, -0.2) is 0 Å². The van der Waals surface area contributed by atoms with E-state index in [1.807, 2.05) is 6.08 Å². The third-order valence-electron chi connectivity index (χ3n) is 1.11. The SMILES string of the molecule is C=CC(C)CCC#N. The fourth-order valence-electron chi connectivity index (χ4n) is 0.410. The van der Waals surface area contributed by atoms with Gasteiger partial charge in [-0.2, -0.15) is 5.26 Å². The zero-order valence-corrected chi connectivity index (χ0v) is 5.22. The Morgan fingerprint density at radius 3 is 2.88 bits per heavy atom. The van der Waals surface area contributed by atoms with E-state index in [4.69, 9.17) is 5.26 Å². The van der Waals surface area contributed by atoms with Gasteiger partial charge in [0.05, 0.1) is 6.07 Å². The van der Waals surface area contributed by atoms with Crippen LogP contribution in [0.5, 0.6) is 0 Å². The number of rotatable bonds is 3. The Hall–Kier alpha value is -0.770. The van der Waals surface area contributed by atoms with E-state index in [0.717, 1.165) is 6.42 Å². The van der Waals surface area contributed by atoms with Crippen LogP contribution < -0.4 is 0 Å². The standard InChI is InChI=1S/C7H11N/c1-3-7(2)5-4-6-8/h3,7H,1,4-5H2,2H3. The summed E-state index contributed by atoms with van der Waals surface area (Å²) in [5, 5.41) is 8.13. The van der Waals surface area contributed by atoms with E-state index >= 15 is 0 Å². The molecule has 0 spiro atoms. The van der Waals surface area contributed by atoms with Crippen LogP contribution in [0.25, 0.3) is 0 Å². The first-order valence-corrected chi connectivity index (χ1v) is 2.80. The number of hydrogen-bond donors (Lipinski definition) is 0. The second kappa shape index (κ2) is 4.39. The van der Waals surface area contributed by atoms with Crippen molar-refractivity contribution in [2.45, 2.75) is 19.8 Å². The zero-order chi connectivity index (χ0) is 6.41. The molecule has 1 atom stereocenters. The van der Waals surface area contributed by atoms with Crippen molar-refractivity contribution in [2.75, 3.05) is 0 Å². The lowest BCUT2D eigenvalue weighted by molar-refractivity contribution is 0.664. The fourth-order valence-corrected chi connectivity index (χ4v) is 0.410. The number of allylic oxidation sites excluding steroid dienone is 1. The smallest absolute Gasteiger partial charge is 0.0621 e. The molecule has 0 fully saturated rings. The summed E-state index contributed by atoms with van der Waals surface area (Å²) in [6, 6.07) is 2.09. The van der Waals surface area contributed by atoms with Gasteiger partial charge in [0.25, 0.3) is 0 Å². The third-order valence-corrected chi connectivity index (χ3v) is 1.11. The van der Waals surface area contributed by atoms with Crippen LogP contribution in [-0.4, -0.2) is 0 Å². The Labute approximate surface area is 50.6 Å². The van der Waals surface area contributed by atoms with Crippen molar-refractivity contribution in [1.29, 1.82) is 5.26 Å². The maximum atomic E-state index is 8.13. The Morgan fingerprint density at radius 2 is 2.50 bits per heavy atom. The number of hydrogen-bond acceptors (Lipinski definition) is 1. The topological polar surface area (TPSA) is 23.8 Å². The van der Waals surface area contributed by atoms with Gasteiger partial charge in [-0.1, -0.05) is 13.0 Å². The van der Waals surface area contributed by atoms with Crippen molar-refractivity contribution < 1.29 is 0 Å². The molecule has 0 rings (SSSR count). The largest absolute Gasteiger partial charge is 0.198 e. The van der Waals surface area contributed by atoms with E-state index in [9.17, 15) is 0 Å². The molecule has 8 heavy (non-hydrogen) atoms. The van der Waals surface area contributed by atoms with Crippen molar-refractivity contribution >= 4 is 0 Å². The fraction of sp³-hybridized carbons (Fsp3) is 0.571. The van der Waals surface area contributed by atoms with Crippen LogP contribution in [0.1, 0.15) is 19.8 Å². The quantitative estimate of drug-likeness (QED) is 0.509. The Bertz CT molecular complexity index is 99.4. The second-order valence-electron chi connectivity index (χ2n) is 1.91. The summed E-state index contributed by atoms with van der Waals surface area (Å²) in [6.45, 7) is 5.66. The van der Waals surface area contributed by atoms with Crippen molar-refractivity contribution in [3.63, 3.8) is 0 Å². The highest BCUT2D eigenvalue weighted by atomic mass is 14.2. The van der Waals surface area contributed by atoms with Crippen LogP contribution in [0, 0.1) is 17.2 Å². The highest BCUT2D eigenvalue weighted by Crippen LogP contribution is 2.03. The van der Waals surface area contributed by atoms with Crippen LogP contribution >= 0.6 is 0 Å². The van der Waals surface area contributed by atoms with Crippen LogP contribution in [0.15, 0.2) is 12.7 Å². The van der Waals surface area contributed by atoms with Gasteiger partial charge in [0.15, 0.2) is 0 Å². The van der Waals surface area contributed by atoms with Gasteiger partial charge in [-0.15, -0.1) is 6.58 Å². The predicted octanol–water partition coefficient (Wildman–Crippen LogP) is 2.11. The lowest BCUT2D eigenvalue weighted by Crippen LogP contribution is -1.85. The van der Waals surface area contributed by atoms with Gasteiger partial charge in [0.2, 0.25) is 0 Å². The number of nitriles is 1. The predicted molar refractivity (Wildman–Crippen MR) is 34.2 cm³/mol. The molecule has 0 aliphatic carbocycles. The molecule has 44 valence electrons. The molecule has 1 nitrogen and oxygen atoms in total. The normalized spacial score (nSPS) is 12.0.